The lowest BCUT2D eigenvalue weighted by Gasteiger charge is -2.22. The minimum absolute atomic E-state index is 0.192. The van der Waals surface area contributed by atoms with Crippen molar-refractivity contribution in [1.82, 2.24) is 10.2 Å². The first-order chi connectivity index (χ1) is 19.1. The molecule has 0 saturated carbocycles. The van der Waals surface area contributed by atoms with Crippen LogP contribution in [-0.2, 0) is 26.1 Å². The van der Waals surface area contributed by atoms with Gasteiger partial charge >= 0.3 is 0 Å². The average molecular weight is 519 g/mol. The van der Waals surface area contributed by atoms with Gasteiger partial charge in [-0.25, -0.2) is 4.39 Å². The largest absolute Gasteiger partial charge is 0.455 e. The summed E-state index contributed by atoms with van der Waals surface area (Å²) in [5.74, 6) is 0.466. The van der Waals surface area contributed by atoms with Crippen molar-refractivity contribution in [2.24, 2.45) is 0 Å². The van der Waals surface area contributed by atoms with Crippen LogP contribution in [0.4, 0.5) is 4.39 Å². The van der Waals surface area contributed by atoms with Crippen LogP contribution in [0, 0.1) is 5.82 Å². The van der Waals surface area contributed by atoms with Crippen LogP contribution in [-0.4, -0.2) is 10.8 Å². The summed E-state index contributed by atoms with van der Waals surface area (Å²) in [5, 5.41) is 3.17. The van der Waals surface area contributed by atoms with E-state index in [0.717, 1.165) is 22.3 Å². The SMILES string of the molecule is O=C(NC(Cc1ccccc1)c1ccccc1)c1ccc(CN(Cc2ccccc2)Cc2ccc(F)cc2)o1. The number of hydrogen-bond donors (Lipinski definition) is 1. The molecule has 4 aromatic carbocycles. The Hall–Kier alpha value is -4.48. The van der Waals surface area contributed by atoms with Crippen LogP contribution in [0.3, 0.4) is 0 Å². The number of furan rings is 1. The van der Waals surface area contributed by atoms with Crippen LogP contribution < -0.4 is 5.32 Å². The maximum atomic E-state index is 13.5. The number of halogens is 1. The normalized spacial score (nSPS) is 11.8. The number of carbonyl (C=O) groups excluding carboxylic acids is 1. The predicted molar refractivity (Wildman–Crippen MR) is 151 cm³/mol. The third-order valence-electron chi connectivity index (χ3n) is 6.62. The van der Waals surface area contributed by atoms with Gasteiger partial charge in [0.15, 0.2) is 5.76 Å². The highest BCUT2D eigenvalue weighted by Gasteiger charge is 2.20. The highest BCUT2D eigenvalue weighted by atomic mass is 19.1. The molecule has 5 rings (SSSR count). The molecular weight excluding hydrogens is 487 g/mol. The van der Waals surface area contributed by atoms with E-state index in [1.807, 2.05) is 72.8 Å². The number of rotatable bonds is 11. The molecule has 1 N–H and O–H groups in total. The second kappa shape index (κ2) is 12.9. The molecule has 4 nitrogen and oxygen atoms in total. The van der Waals surface area contributed by atoms with Crippen LogP contribution >= 0.6 is 0 Å². The Kier molecular flexibility index (Phi) is 8.61. The van der Waals surface area contributed by atoms with Gasteiger partial charge in [0.05, 0.1) is 12.6 Å². The fraction of sp³-hybridized carbons (Fsp3) is 0.147. The van der Waals surface area contributed by atoms with Gasteiger partial charge in [-0.3, -0.25) is 9.69 Å². The number of nitrogens with zero attached hydrogens (tertiary/aromatic N) is 1. The summed E-state index contributed by atoms with van der Waals surface area (Å²) < 4.78 is 19.5. The summed E-state index contributed by atoms with van der Waals surface area (Å²) >= 11 is 0. The number of amides is 1. The van der Waals surface area contributed by atoms with Crippen LogP contribution in [0.2, 0.25) is 0 Å². The molecule has 5 heteroatoms. The number of nitrogens with one attached hydrogen (secondary N) is 1. The van der Waals surface area contributed by atoms with Gasteiger partial charge in [-0.1, -0.05) is 103 Å². The van der Waals surface area contributed by atoms with Crippen molar-refractivity contribution in [3.8, 4) is 0 Å². The molecule has 0 spiro atoms. The van der Waals surface area contributed by atoms with Gasteiger partial charge in [0.25, 0.3) is 5.91 Å². The topological polar surface area (TPSA) is 45.5 Å². The molecule has 0 fully saturated rings. The Balaban J connectivity index is 1.30. The molecule has 0 aliphatic rings. The molecule has 0 saturated heterocycles. The van der Waals surface area contributed by atoms with Crippen LogP contribution in [0.25, 0.3) is 0 Å². The van der Waals surface area contributed by atoms with Gasteiger partial charge in [0.1, 0.15) is 11.6 Å². The van der Waals surface area contributed by atoms with Gasteiger partial charge in [0.2, 0.25) is 0 Å². The van der Waals surface area contributed by atoms with Gasteiger partial charge in [-0.05, 0) is 52.9 Å². The standard InChI is InChI=1S/C34H31FN2O2/c35-30-18-16-28(17-19-30)24-37(23-27-12-6-2-7-13-27)25-31-20-21-33(39-31)34(38)36-32(29-14-8-3-9-15-29)22-26-10-4-1-5-11-26/h1-21,32H,22-25H2,(H,36,38). The lowest BCUT2D eigenvalue weighted by molar-refractivity contribution is 0.0904. The first kappa shape index (κ1) is 26.1. The van der Waals surface area contributed by atoms with E-state index in [4.69, 9.17) is 4.42 Å². The Morgan fingerprint density at radius 3 is 1.87 bits per heavy atom. The molecule has 5 aromatic rings. The van der Waals surface area contributed by atoms with Crippen molar-refractivity contribution in [1.29, 1.82) is 0 Å². The van der Waals surface area contributed by atoms with Crippen molar-refractivity contribution >= 4 is 5.91 Å². The first-order valence-electron chi connectivity index (χ1n) is 13.1. The zero-order valence-corrected chi connectivity index (χ0v) is 21.7. The Bertz CT molecular complexity index is 1450. The minimum atomic E-state index is -0.254. The smallest absolute Gasteiger partial charge is 0.287 e. The average Bonchev–Trinajstić information content (AvgIpc) is 3.44. The van der Waals surface area contributed by atoms with Crippen molar-refractivity contribution in [2.75, 3.05) is 0 Å². The van der Waals surface area contributed by atoms with E-state index in [0.29, 0.717) is 31.8 Å². The van der Waals surface area contributed by atoms with E-state index in [2.05, 4.69) is 34.5 Å². The number of benzene rings is 4. The molecule has 0 bridgehead atoms. The molecular formula is C34H31FN2O2. The summed E-state index contributed by atoms with van der Waals surface area (Å²) in [7, 11) is 0. The van der Waals surface area contributed by atoms with E-state index >= 15 is 0 Å². The number of hydrogen-bond acceptors (Lipinski definition) is 3. The number of carbonyl (C=O) groups is 1. The third-order valence-corrected chi connectivity index (χ3v) is 6.62. The molecule has 0 aliphatic carbocycles. The van der Waals surface area contributed by atoms with Gasteiger partial charge in [-0.2, -0.15) is 0 Å². The highest BCUT2D eigenvalue weighted by Crippen LogP contribution is 2.21. The molecule has 196 valence electrons. The maximum absolute atomic E-state index is 13.5. The quantitative estimate of drug-likeness (QED) is 0.199. The van der Waals surface area contributed by atoms with Crippen molar-refractivity contribution in [3.63, 3.8) is 0 Å². The van der Waals surface area contributed by atoms with Gasteiger partial charge in [0, 0.05) is 13.1 Å². The van der Waals surface area contributed by atoms with E-state index < -0.39 is 0 Å². The zero-order chi connectivity index (χ0) is 26.9. The summed E-state index contributed by atoms with van der Waals surface area (Å²) in [6.07, 6.45) is 0.673. The fourth-order valence-electron chi connectivity index (χ4n) is 4.68. The second-order valence-electron chi connectivity index (χ2n) is 9.65. The van der Waals surface area contributed by atoms with Crippen molar-refractivity contribution < 1.29 is 13.6 Å². The molecule has 0 radical (unpaired) electrons. The monoisotopic (exact) mass is 518 g/mol. The van der Waals surface area contributed by atoms with Crippen molar-refractivity contribution in [3.05, 3.63) is 167 Å². The summed E-state index contributed by atoms with van der Waals surface area (Å²) in [5.41, 5.74) is 4.35. The third kappa shape index (κ3) is 7.53. The van der Waals surface area contributed by atoms with Crippen LogP contribution in [0.1, 0.15) is 44.6 Å². The van der Waals surface area contributed by atoms with Gasteiger partial charge in [-0.15, -0.1) is 0 Å². The van der Waals surface area contributed by atoms with E-state index in [9.17, 15) is 9.18 Å². The zero-order valence-electron chi connectivity index (χ0n) is 21.7. The predicted octanol–water partition coefficient (Wildman–Crippen LogP) is 7.33. The molecule has 1 aromatic heterocycles. The molecule has 1 unspecified atom stereocenters. The van der Waals surface area contributed by atoms with Gasteiger partial charge < -0.3 is 9.73 Å². The lowest BCUT2D eigenvalue weighted by Crippen LogP contribution is -2.29. The summed E-state index contributed by atoms with van der Waals surface area (Å²) in [4.78, 5) is 15.5. The first-order valence-corrected chi connectivity index (χ1v) is 13.1. The fourth-order valence-corrected chi connectivity index (χ4v) is 4.68. The maximum Gasteiger partial charge on any atom is 0.287 e. The lowest BCUT2D eigenvalue weighted by atomic mass is 9.99. The molecule has 0 aliphatic heterocycles. The second-order valence-corrected chi connectivity index (χ2v) is 9.65. The van der Waals surface area contributed by atoms with Crippen molar-refractivity contribution in [2.45, 2.75) is 32.1 Å². The Morgan fingerprint density at radius 2 is 1.23 bits per heavy atom. The minimum Gasteiger partial charge on any atom is -0.455 e. The molecule has 39 heavy (non-hydrogen) atoms. The Morgan fingerprint density at radius 1 is 0.667 bits per heavy atom. The van der Waals surface area contributed by atoms with Crippen LogP contribution in [0.15, 0.2) is 132 Å². The molecule has 1 atom stereocenters. The van der Waals surface area contributed by atoms with E-state index in [-0.39, 0.29) is 23.5 Å². The summed E-state index contributed by atoms with van der Waals surface area (Å²) in [6.45, 7) is 1.81. The van der Waals surface area contributed by atoms with E-state index in [1.165, 1.54) is 12.1 Å². The highest BCUT2D eigenvalue weighted by molar-refractivity contribution is 5.91. The van der Waals surface area contributed by atoms with Crippen LogP contribution in [0.5, 0.6) is 0 Å². The molecule has 1 heterocycles. The molecule has 1 amide bonds. The Labute approximate surface area is 228 Å². The summed E-state index contributed by atoms with van der Waals surface area (Å²) in [6, 6.07) is 40.2. The van der Waals surface area contributed by atoms with E-state index in [1.54, 1.807) is 18.2 Å².